The fraction of sp³-hybridized carbons (Fsp3) is 0.167. The minimum atomic E-state index is -0.833. The van der Waals surface area contributed by atoms with Gasteiger partial charge in [-0.3, -0.25) is 9.59 Å². The number of hydrogen-bond acceptors (Lipinski definition) is 2. The molecule has 0 radical (unpaired) electrons. The molecule has 0 saturated heterocycles. The third-order valence-corrected chi connectivity index (χ3v) is 1.40. The van der Waals surface area contributed by atoms with Crippen LogP contribution in [0.15, 0.2) is 36.4 Å². The van der Waals surface area contributed by atoms with Crippen molar-refractivity contribution in [1.29, 1.82) is 0 Å². The van der Waals surface area contributed by atoms with Crippen molar-refractivity contribution in [1.82, 2.24) is 0 Å². The molecule has 1 aromatic rings. The maximum atomic E-state index is 10.1. The lowest BCUT2D eigenvalue weighted by atomic mass is 10.2. The summed E-state index contributed by atoms with van der Waals surface area (Å²) in [6.07, 6.45) is 3.51. The third-order valence-electron chi connectivity index (χ3n) is 1.40. The van der Waals surface area contributed by atoms with Crippen LogP contribution in [0, 0.1) is 0 Å². The molecule has 0 bridgehead atoms. The van der Waals surface area contributed by atoms with Crippen molar-refractivity contribution in [3.8, 4) is 0 Å². The van der Waals surface area contributed by atoms with Crippen LogP contribution in [0.3, 0.4) is 0 Å². The molecular formula is C12H14O4. The largest absolute Gasteiger partial charge is 0.481 e. The summed E-state index contributed by atoms with van der Waals surface area (Å²) in [5, 5.41) is 15.8. The lowest BCUT2D eigenvalue weighted by molar-refractivity contribution is -0.136. The number of aliphatic carboxylic acids is 2. The summed E-state index contributed by atoms with van der Waals surface area (Å²) in [5.41, 5.74) is 1.03. The Bertz CT molecular complexity index is 351. The summed E-state index contributed by atoms with van der Waals surface area (Å²) < 4.78 is 0. The van der Waals surface area contributed by atoms with Crippen molar-refractivity contribution >= 4 is 18.0 Å². The Hall–Kier alpha value is -2.10. The van der Waals surface area contributed by atoms with Crippen molar-refractivity contribution < 1.29 is 19.8 Å². The molecule has 86 valence electrons. The highest BCUT2D eigenvalue weighted by molar-refractivity contribution is 5.70. The standard InChI is InChI=1S/C10H10O2.C2H4O2/c11-10(12)8-4-7-9-5-2-1-3-6-9;1-2(3)4/h1-7H,8H2,(H,11,12);1H3,(H,3,4). The summed E-state index contributed by atoms with van der Waals surface area (Å²) in [6, 6.07) is 9.62. The van der Waals surface area contributed by atoms with E-state index >= 15 is 0 Å². The van der Waals surface area contributed by atoms with Crippen molar-refractivity contribution in [3.05, 3.63) is 42.0 Å². The molecule has 4 nitrogen and oxygen atoms in total. The van der Waals surface area contributed by atoms with E-state index in [0.29, 0.717) is 0 Å². The Kier molecular flexibility index (Phi) is 7.15. The highest BCUT2D eigenvalue weighted by atomic mass is 16.4. The summed E-state index contributed by atoms with van der Waals surface area (Å²) in [5.74, 6) is -1.64. The number of carbonyl (C=O) groups is 2. The van der Waals surface area contributed by atoms with Crippen LogP contribution in [0.1, 0.15) is 18.9 Å². The zero-order chi connectivity index (χ0) is 12.4. The van der Waals surface area contributed by atoms with Crippen LogP contribution in [0.25, 0.3) is 6.08 Å². The smallest absolute Gasteiger partial charge is 0.307 e. The van der Waals surface area contributed by atoms with Crippen molar-refractivity contribution in [2.45, 2.75) is 13.3 Å². The molecule has 1 rings (SSSR count). The number of hydrogen-bond donors (Lipinski definition) is 2. The van der Waals surface area contributed by atoms with Crippen LogP contribution in [0.5, 0.6) is 0 Å². The molecule has 2 N–H and O–H groups in total. The molecule has 0 atom stereocenters. The fourth-order valence-corrected chi connectivity index (χ4v) is 0.860. The summed E-state index contributed by atoms with van der Waals surface area (Å²) in [4.78, 5) is 19.1. The summed E-state index contributed by atoms with van der Waals surface area (Å²) >= 11 is 0. The minimum Gasteiger partial charge on any atom is -0.481 e. The van der Waals surface area contributed by atoms with E-state index < -0.39 is 11.9 Å². The monoisotopic (exact) mass is 222 g/mol. The first-order valence-corrected chi connectivity index (χ1v) is 4.65. The first-order valence-electron chi connectivity index (χ1n) is 4.65. The summed E-state index contributed by atoms with van der Waals surface area (Å²) in [7, 11) is 0. The van der Waals surface area contributed by atoms with E-state index in [1.807, 2.05) is 30.3 Å². The van der Waals surface area contributed by atoms with Crippen molar-refractivity contribution in [2.24, 2.45) is 0 Å². The molecule has 0 amide bonds. The lowest BCUT2D eigenvalue weighted by Crippen LogP contribution is -1.89. The van der Waals surface area contributed by atoms with Gasteiger partial charge in [0, 0.05) is 6.92 Å². The zero-order valence-electron chi connectivity index (χ0n) is 8.96. The van der Waals surface area contributed by atoms with Crippen LogP contribution >= 0.6 is 0 Å². The zero-order valence-corrected chi connectivity index (χ0v) is 8.96. The molecule has 0 aliphatic heterocycles. The number of carboxylic acid groups (broad SMARTS) is 2. The maximum Gasteiger partial charge on any atom is 0.307 e. The van der Waals surface area contributed by atoms with Crippen LogP contribution in [0.4, 0.5) is 0 Å². The number of benzene rings is 1. The molecule has 0 unspecified atom stereocenters. The Morgan fingerprint density at radius 1 is 1.19 bits per heavy atom. The summed E-state index contributed by atoms with van der Waals surface area (Å²) in [6.45, 7) is 1.08. The van der Waals surface area contributed by atoms with Gasteiger partial charge in [-0.2, -0.15) is 0 Å². The highest BCUT2D eigenvalue weighted by Crippen LogP contribution is 2.01. The SMILES string of the molecule is CC(=O)O.O=C(O)CC=Cc1ccccc1. The fourth-order valence-electron chi connectivity index (χ4n) is 0.860. The Labute approximate surface area is 93.8 Å². The number of carboxylic acids is 2. The van der Waals surface area contributed by atoms with Crippen LogP contribution < -0.4 is 0 Å². The molecular weight excluding hydrogens is 208 g/mol. The Morgan fingerprint density at radius 3 is 2.12 bits per heavy atom. The maximum absolute atomic E-state index is 10.1. The van der Waals surface area contributed by atoms with Gasteiger partial charge in [-0.25, -0.2) is 0 Å². The van der Waals surface area contributed by atoms with Crippen molar-refractivity contribution in [3.63, 3.8) is 0 Å². The van der Waals surface area contributed by atoms with E-state index in [1.54, 1.807) is 12.2 Å². The van der Waals surface area contributed by atoms with Gasteiger partial charge < -0.3 is 10.2 Å². The molecule has 4 heteroatoms. The van der Waals surface area contributed by atoms with E-state index in [0.717, 1.165) is 12.5 Å². The number of rotatable bonds is 3. The highest BCUT2D eigenvalue weighted by Gasteiger charge is 1.89. The average Bonchev–Trinajstić information content (AvgIpc) is 2.18. The van der Waals surface area contributed by atoms with E-state index in [1.165, 1.54) is 0 Å². The average molecular weight is 222 g/mol. The van der Waals surface area contributed by atoms with Crippen molar-refractivity contribution in [2.75, 3.05) is 0 Å². The second kappa shape index (κ2) is 8.23. The van der Waals surface area contributed by atoms with Gasteiger partial charge in [0.05, 0.1) is 6.42 Å². The molecule has 0 spiro atoms. The molecule has 1 aromatic carbocycles. The van der Waals surface area contributed by atoms with E-state index in [2.05, 4.69) is 0 Å². The quantitative estimate of drug-likeness (QED) is 0.822. The molecule has 0 aromatic heterocycles. The van der Waals surface area contributed by atoms with Gasteiger partial charge >= 0.3 is 5.97 Å². The second-order valence-electron chi connectivity index (χ2n) is 2.93. The topological polar surface area (TPSA) is 74.6 Å². The molecule has 0 aliphatic carbocycles. The van der Waals surface area contributed by atoms with Gasteiger partial charge in [0.1, 0.15) is 0 Å². The van der Waals surface area contributed by atoms with Gasteiger partial charge in [-0.05, 0) is 5.56 Å². The molecule has 0 fully saturated rings. The minimum absolute atomic E-state index is 0.0783. The van der Waals surface area contributed by atoms with Gasteiger partial charge in [0.25, 0.3) is 5.97 Å². The molecule has 16 heavy (non-hydrogen) atoms. The Balaban J connectivity index is 0.000000487. The second-order valence-corrected chi connectivity index (χ2v) is 2.93. The van der Waals surface area contributed by atoms with Gasteiger partial charge in [0.15, 0.2) is 0 Å². The van der Waals surface area contributed by atoms with E-state index in [-0.39, 0.29) is 6.42 Å². The molecule has 0 aliphatic rings. The molecule has 0 saturated carbocycles. The van der Waals surface area contributed by atoms with Crippen LogP contribution in [0.2, 0.25) is 0 Å². The third kappa shape index (κ3) is 9.98. The predicted octanol–water partition coefficient (Wildman–Crippen LogP) is 2.27. The first-order chi connectivity index (χ1) is 7.52. The molecule has 0 heterocycles. The lowest BCUT2D eigenvalue weighted by Gasteiger charge is -1.89. The van der Waals surface area contributed by atoms with Gasteiger partial charge in [0.2, 0.25) is 0 Å². The van der Waals surface area contributed by atoms with E-state index in [9.17, 15) is 4.79 Å². The Morgan fingerprint density at radius 2 is 1.69 bits per heavy atom. The van der Waals surface area contributed by atoms with Crippen LogP contribution in [-0.2, 0) is 9.59 Å². The normalized spacial score (nSPS) is 9.31. The van der Waals surface area contributed by atoms with E-state index in [4.69, 9.17) is 15.0 Å². The van der Waals surface area contributed by atoms with Gasteiger partial charge in [-0.15, -0.1) is 0 Å². The predicted molar refractivity (Wildman–Crippen MR) is 61.0 cm³/mol. The van der Waals surface area contributed by atoms with Crippen LogP contribution in [-0.4, -0.2) is 22.2 Å². The van der Waals surface area contributed by atoms with Gasteiger partial charge in [-0.1, -0.05) is 42.5 Å². The first kappa shape index (κ1) is 13.9.